The lowest BCUT2D eigenvalue weighted by molar-refractivity contribution is -0.136. The van der Waals surface area contributed by atoms with Gasteiger partial charge in [-0.05, 0) is 49.4 Å². The molecule has 0 amide bonds. The van der Waals surface area contributed by atoms with Gasteiger partial charge in [0.2, 0.25) is 5.88 Å². The number of ether oxygens (including phenoxy) is 2. The first-order chi connectivity index (χ1) is 17.6. The van der Waals surface area contributed by atoms with E-state index in [0.717, 1.165) is 54.0 Å². The molecule has 1 fully saturated rings. The average molecular weight is 528 g/mol. The summed E-state index contributed by atoms with van der Waals surface area (Å²) in [6.07, 6.45) is 5.47. The molecule has 0 bridgehead atoms. The summed E-state index contributed by atoms with van der Waals surface area (Å²) in [5.74, 6) is -0.506. The molecule has 1 N–H and O–H groups in total. The maximum atomic E-state index is 13.2. The molecule has 196 valence electrons. The van der Waals surface area contributed by atoms with Gasteiger partial charge in [-0.2, -0.15) is 0 Å². The minimum absolute atomic E-state index is 0.0887. The van der Waals surface area contributed by atoms with Gasteiger partial charge >= 0.3 is 5.97 Å². The minimum atomic E-state index is -0.883. The van der Waals surface area contributed by atoms with Gasteiger partial charge in [0.1, 0.15) is 24.8 Å². The topological polar surface area (TPSA) is 84.8 Å². The van der Waals surface area contributed by atoms with Crippen LogP contribution in [-0.4, -0.2) is 47.3 Å². The summed E-state index contributed by atoms with van der Waals surface area (Å²) in [5.41, 5.74) is 4.33. The highest BCUT2D eigenvalue weighted by Gasteiger charge is 2.29. The van der Waals surface area contributed by atoms with E-state index >= 15 is 0 Å². The van der Waals surface area contributed by atoms with E-state index in [1.807, 2.05) is 13.0 Å². The number of carboxylic acids is 1. The molecule has 3 heterocycles. The third-order valence-corrected chi connectivity index (χ3v) is 6.95. The highest BCUT2D eigenvalue weighted by atomic mass is 35.5. The lowest BCUT2D eigenvalue weighted by Crippen LogP contribution is -2.38. The third-order valence-electron chi connectivity index (χ3n) is 6.66. The molecule has 1 aliphatic rings. The Morgan fingerprint density at radius 2 is 1.84 bits per heavy atom. The number of halogens is 2. The van der Waals surface area contributed by atoms with Crippen molar-refractivity contribution in [2.45, 2.75) is 40.0 Å². The van der Waals surface area contributed by atoms with Crippen molar-refractivity contribution in [2.24, 2.45) is 5.41 Å². The van der Waals surface area contributed by atoms with Gasteiger partial charge in [-0.15, -0.1) is 0 Å². The molecule has 0 radical (unpaired) electrons. The van der Waals surface area contributed by atoms with Crippen LogP contribution in [0.3, 0.4) is 0 Å². The van der Waals surface area contributed by atoms with Crippen LogP contribution in [0.4, 0.5) is 10.1 Å². The Morgan fingerprint density at radius 1 is 1.11 bits per heavy atom. The molecule has 1 aromatic carbocycles. The molecule has 0 aliphatic carbocycles. The van der Waals surface area contributed by atoms with Crippen molar-refractivity contribution in [3.05, 3.63) is 64.8 Å². The zero-order chi connectivity index (χ0) is 26.6. The van der Waals surface area contributed by atoms with Crippen LogP contribution in [0, 0.1) is 18.2 Å². The van der Waals surface area contributed by atoms with Crippen molar-refractivity contribution in [2.75, 3.05) is 31.2 Å². The van der Waals surface area contributed by atoms with E-state index in [1.165, 1.54) is 18.2 Å². The Labute approximate surface area is 221 Å². The number of aromatic nitrogens is 2. The quantitative estimate of drug-likeness (QED) is 0.344. The number of aliphatic carboxylic acids is 1. The normalized spacial score (nSPS) is 14.9. The second-order valence-corrected chi connectivity index (χ2v) is 10.4. The number of hydrogen-bond donors (Lipinski definition) is 1. The van der Waals surface area contributed by atoms with Gasteiger partial charge in [-0.25, -0.2) is 9.37 Å². The third kappa shape index (κ3) is 6.68. The summed E-state index contributed by atoms with van der Waals surface area (Å²) in [4.78, 5) is 22.9. The number of benzene rings is 1. The van der Waals surface area contributed by atoms with Gasteiger partial charge in [0.05, 0.1) is 17.1 Å². The van der Waals surface area contributed by atoms with Crippen molar-refractivity contribution < 1.29 is 23.8 Å². The van der Waals surface area contributed by atoms with Gasteiger partial charge in [-0.3, -0.25) is 9.78 Å². The Kier molecular flexibility index (Phi) is 8.17. The molecule has 0 atom stereocenters. The van der Waals surface area contributed by atoms with Gasteiger partial charge in [0.25, 0.3) is 0 Å². The first-order valence-corrected chi connectivity index (χ1v) is 12.6. The fraction of sp³-hybridized carbons (Fsp3) is 0.393. The van der Waals surface area contributed by atoms with E-state index in [0.29, 0.717) is 11.6 Å². The van der Waals surface area contributed by atoms with E-state index in [9.17, 15) is 14.3 Å². The van der Waals surface area contributed by atoms with Crippen LogP contribution in [0.5, 0.6) is 11.6 Å². The molecule has 0 unspecified atom stereocenters. The SMILES string of the molecule is Cc1ncc(-c2ccc(OCCOc3ccc(F)cc3Cl)nc2)c(N2CCC(C)(C)CC2)c1CC(=O)O. The lowest BCUT2D eigenvalue weighted by Gasteiger charge is -2.40. The van der Waals surface area contributed by atoms with E-state index < -0.39 is 11.8 Å². The van der Waals surface area contributed by atoms with E-state index in [4.69, 9.17) is 21.1 Å². The predicted molar refractivity (Wildman–Crippen MR) is 141 cm³/mol. The number of nitrogens with zero attached hydrogens (tertiary/aromatic N) is 3. The van der Waals surface area contributed by atoms with Crippen molar-refractivity contribution in [1.82, 2.24) is 9.97 Å². The molecule has 0 spiro atoms. The van der Waals surface area contributed by atoms with Crippen LogP contribution >= 0.6 is 11.6 Å². The van der Waals surface area contributed by atoms with E-state index in [-0.39, 0.29) is 30.1 Å². The molecule has 1 aliphatic heterocycles. The number of anilines is 1. The van der Waals surface area contributed by atoms with Crippen LogP contribution in [-0.2, 0) is 11.2 Å². The summed E-state index contributed by atoms with van der Waals surface area (Å²) >= 11 is 5.97. The Bertz CT molecular complexity index is 1260. The molecule has 0 saturated carbocycles. The zero-order valence-electron chi connectivity index (χ0n) is 21.3. The highest BCUT2D eigenvalue weighted by Crippen LogP contribution is 2.40. The largest absolute Gasteiger partial charge is 0.488 e. The maximum absolute atomic E-state index is 13.2. The summed E-state index contributed by atoms with van der Waals surface area (Å²) in [6.45, 7) is 8.53. The van der Waals surface area contributed by atoms with E-state index in [1.54, 1.807) is 18.5 Å². The molecule has 9 heteroatoms. The number of carboxylic acid groups (broad SMARTS) is 1. The summed E-state index contributed by atoms with van der Waals surface area (Å²) < 4.78 is 24.4. The van der Waals surface area contributed by atoms with Crippen LogP contribution < -0.4 is 14.4 Å². The summed E-state index contributed by atoms with van der Waals surface area (Å²) in [5, 5.41) is 9.79. The molecule has 1 saturated heterocycles. The molecular weight excluding hydrogens is 497 g/mol. The van der Waals surface area contributed by atoms with Gasteiger partial charge in [0, 0.05) is 53.9 Å². The zero-order valence-corrected chi connectivity index (χ0v) is 22.0. The molecule has 7 nitrogen and oxygen atoms in total. The standard InChI is InChI=1S/C28H31ClFN3O4/c1-18-21(15-26(34)35)27(33-10-8-28(2,3)9-11-33)22(17-31-18)19-4-7-25(32-16-19)37-13-12-36-24-6-5-20(30)14-23(24)29/h4-7,14,16-17H,8-13,15H2,1-3H3,(H,34,35). The second-order valence-electron chi connectivity index (χ2n) is 9.96. The van der Waals surface area contributed by atoms with E-state index in [2.05, 4.69) is 28.7 Å². The molecule has 37 heavy (non-hydrogen) atoms. The van der Waals surface area contributed by atoms with Crippen LogP contribution in [0.25, 0.3) is 11.1 Å². The van der Waals surface area contributed by atoms with Crippen molar-refractivity contribution in [1.29, 1.82) is 0 Å². The fourth-order valence-corrected chi connectivity index (χ4v) is 4.64. The maximum Gasteiger partial charge on any atom is 0.307 e. The van der Waals surface area contributed by atoms with Crippen LogP contribution in [0.15, 0.2) is 42.7 Å². The van der Waals surface area contributed by atoms with Gasteiger partial charge in [-0.1, -0.05) is 25.4 Å². The van der Waals surface area contributed by atoms with Gasteiger partial charge < -0.3 is 19.5 Å². The number of carbonyl (C=O) groups is 1. The number of hydrogen-bond acceptors (Lipinski definition) is 6. The van der Waals surface area contributed by atoms with Crippen molar-refractivity contribution in [3.8, 4) is 22.8 Å². The Morgan fingerprint density at radius 3 is 2.49 bits per heavy atom. The summed E-state index contributed by atoms with van der Waals surface area (Å²) in [6, 6.07) is 7.61. The second kappa shape index (κ2) is 11.3. The fourth-order valence-electron chi connectivity index (χ4n) is 4.42. The molecule has 4 rings (SSSR count). The summed E-state index contributed by atoms with van der Waals surface area (Å²) in [7, 11) is 0. The highest BCUT2D eigenvalue weighted by molar-refractivity contribution is 6.32. The monoisotopic (exact) mass is 527 g/mol. The van der Waals surface area contributed by atoms with Crippen molar-refractivity contribution in [3.63, 3.8) is 0 Å². The number of pyridine rings is 2. The Hall–Kier alpha value is -3.39. The lowest BCUT2D eigenvalue weighted by atomic mass is 9.82. The first-order valence-electron chi connectivity index (χ1n) is 12.3. The van der Waals surface area contributed by atoms with Crippen molar-refractivity contribution >= 4 is 23.3 Å². The molecule has 3 aromatic rings. The minimum Gasteiger partial charge on any atom is -0.488 e. The first kappa shape index (κ1) is 26.7. The number of aryl methyl sites for hydroxylation is 1. The van der Waals surface area contributed by atoms with Crippen LogP contribution in [0.1, 0.15) is 37.9 Å². The predicted octanol–water partition coefficient (Wildman–Crippen LogP) is 5.96. The van der Waals surface area contributed by atoms with Crippen LogP contribution in [0.2, 0.25) is 5.02 Å². The average Bonchev–Trinajstić information content (AvgIpc) is 2.85. The molecular formula is C28H31ClFN3O4. The molecule has 2 aromatic heterocycles. The Balaban J connectivity index is 1.50. The van der Waals surface area contributed by atoms with Gasteiger partial charge in [0.15, 0.2) is 0 Å². The smallest absolute Gasteiger partial charge is 0.307 e. The number of rotatable bonds is 9. The number of piperidine rings is 1.